The third-order valence-electron chi connectivity index (χ3n) is 4.19. The Morgan fingerprint density at radius 1 is 1.43 bits per heavy atom. The summed E-state index contributed by atoms with van der Waals surface area (Å²) in [6, 6.07) is 0. The van der Waals surface area contributed by atoms with Crippen molar-refractivity contribution in [2.24, 2.45) is 5.92 Å². The van der Waals surface area contributed by atoms with Crippen LogP contribution in [0.3, 0.4) is 0 Å². The van der Waals surface area contributed by atoms with E-state index >= 15 is 0 Å². The van der Waals surface area contributed by atoms with Gasteiger partial charge in [0, 0.05) is 13.1 Å². The van der Waals surface area contributed by atoms with Gasteiger partial charge in [-0.3, -0.25) is 0 Å². The Morgan fingerprint density at radius 3 is 3.19 bits per heavy atom. The van der Waals surface area contributed by atoms with Crippen LogP contribution in [0.2, 0.25) is 0 Å². The van der Waals surface area contributed by atoms with Crippen molar-refractivity contribution in [3.8, 4) is 0 Å². The van der Waals surface area contributed by atoms with E-state index in [9.17, 15) is 0 Å². The van der Waals surface area contributed by atoms with E-state index < -0.39 is 0 Å². The summed E-state index contributed by atoms with van der Waals surface area (Å²) in [5.74, 6) is 1.87. The molecule has 0 spiro atoms. The van der Waals surface area contributed by atoms with Crippen LogP contribution < -0.4 is 10.2 Å². The average Bonchev–Trinajstić information content (AvgIpc) is 2.90. The molecule has 0 aromatic carbocycles. The number of nitrogens with zero attached hydrogens (tertiary/aromatic N) is 3. The zero-order valence-corrected chi connectivity index (χ0v) is 13.7. The number of fused-ring (bicyclic) bond motifs is 1. The molecule has 0 amide bonds. The Morgan fingerprint density at radius 2 is 2.33 bits per heavy atom. The van der Waals surface area contributed by atoms with Crippen LogP contribution in [-0.2, 0) is 0 Å². The molecule has 114 valence electrons. The van der Waals surface area contributed by atoms with E-state index in [1.165, 1.54) is 29.5 Å². The summed E-state index contributed by atoms with van der Waals surface area (Å²) < 4.78 is 1.25. The van der Waals surface area contributed by atoms with E-state index in [4.69, 9.17) is 0 Å². The van der Waals surface area contributed by atoms with Crippen LogP contribution in [0.1, 0.15) is 31.7 Å². The number of nitrogens with one attached hydrogen (secondary N) is 1. The lowest BCUT2D eigenvalue weighted by Crippen LogP contribution is -2.40. The summed E-state index contributed by atoms with van der Waals surface area (Å²) in [5.41, 5.74) is 2.38. The number of hydrogen-bond acceptors (Lipinski definition) is 5. The summed E-state index contributed by atoms with van der Waals surface area (Å²) in [5, 5.41) is 5.75. The fraction of sp³-hybridized carbons (Fsp3) is 0.625. The van der Waals surface area contributed by atoms with Crippen molar-refractivity contribution in [2.45, 2.75) is 33.1 Å². The van der Waals surface area contributed by atoms with Gasteiger partial charge in [0.05, 0.1) is 10.2 Å². The molecule has 0 radical (unpaired) electrons. The first-order chi connectivity index (χ1) is 10.3. The van der Waals surface area contributed by atoms with Gasteiger partial charge in [-0.2, -0.15) is 0 Å². The molecule has 1 aliphatic rings. The van der Waals surface area contributed by atoms with Crippen LogP contribution in [0.5, 0.6) is 0 Å². The van der Waals surface area contributed by atoms with Crippen molar-refractivity contribution in [3.63, 3.8) is 0 Å². The lowest BCUT2D eigenvalue weighted by atomic mass is 9.98. The minimum Gasteiger partial charge on any atom is -0.355 e. The average molecular weight is 304 g/mol. The SMILES string of the molecule is CCCNCC1CCCN(c2ncnc3c(C)csc23)C1. The fourth-order valence-electron chi connectivity index (χ4n) is 3.09. The summed E-state index contributed by atoms with van der Waals surface area (Å²) in [4.78, 5) is 11.5. The highest BCUT2D eigenvalue weighted by molar-refractivity contribution is 7.18. The molecule has 2 aromatic heterocycles. The Hall–Kier alpha value is -1.20. The Kier molecular flexibility index (Phi) is 4.70. The highest BCUT2D eigenvalue weighted by Crippen LogP contribution is 2.32. The number of hydrogen-bond donors (Lipinski definition) is 1. The zero-order valence-electron chi connectivity index (χ0n) is 12.9. The van der Waals surface area contributed by atoms with Gasteiger partial charge in [-0.1, -0.05) is 6.92 Å². The Bertz CT molecular complexity index is 595. The summed E-state index contributed by atoms with van der Waals surface area (Å²) in [6.07, 6.45) is 5.51. The minimum absolute atomic E-state index is 0.733. The molecule has 1 N–H and O–H groups in total. The van der Waals surface area contributed by atoms with Gasteiger partial charge in [-0.05, 0) is 56.1 Å². The summed E-state index contributed by atoms with van der Waals surface area (Å²) in [7, 11) is 0. The predicted octanol–water partition coefficient (Wildman–Crippen LogP) is 3.22. The van der Waals surface area contributed by atoms with E-state index in [1.807, 2.05) is 0 Å². The number of anilines is 1. The third kappa shape index (κ3) is 3.19. The molecule has 1 saturated heterocycles. The molecule has 0 saturated carbocycles. The maximum absolute atomic E-state index is 4.58. The highest BCUT2D eigenvalue weighted by atomic mass is 32.1. The molecule has 0 aliphatic carbocycles. The number of aromatic nitrogens is 2. The summed E-state index contributed by atoms with van der Waals surface area (Å²) >= 11 is 1.77. The van der Waals surface area contributed by atoms with Gasteiger partial charge in [0.25, 0.3) is 0 Å². The predicted molar refractivity (Wildman–Crippen MR) is 90.2 cm³/mol. The van der Waals surface area contributed by atoms with Crippen molar-refractivity contribution in [1.29, 1.82) is 0 Å². The van der Waals surface area contributed by atoms with Gasteiger partial charge < -0.3 is 10.2 Å². The van der Waals surface area contributed by atoms with E-state index in [-0.39, 0.29) is 0 Å². The van der Waals surface area contributed by atoms with Crippen LogP contribution in [-0.4, -0.2) is 36.1 Å². The molecule has 21 heavy (non-hydrogen) atoms. The number of rotatable bonds is 5. The fourth-order valence-corrected chi connectivity index (χ4v) is 4.11. The van der Waals surface area contributed by atoms with E-state index in [0.29, 0.717) is 0 Å². The van der Waals surface area contributed by atoms with E-state index in [1.54, 1.807) is 17.7 Å². The molecule has 4 nitrogen and oxygen atoms in total. The second kappa shape index (κ2) is 6.71. The number of thiophene rings is 1. The molecular formula is C16H24N4S. The van der Waals surface area contributed by atoms with Crippen LogP contribution >= 0.6 is 11.3 Å². The number of aryl methyl sites for hydroxylation is 1. The second-order valence-electron chi connectivity index (χ2n) is 5.95. The second-order valence-corrected chi connectivity index (χ2v) is 6.83. The molecule has 1 fully saturated rings. The lowest BCUT2D eigenvalue weighted by molar-refractivity contribution is 0.391. The summed E-state index contributed by atoms with van der Waals surface area (Å²) in [6.45, 7) is 8.83. The molecule has 1 atom stereocenters. The maximum atomic E-state index is 4.58. The van der Waals surface area contributed by atoms with Crippen LogP contribution in [0.25, 0.3) is 10.2 Å². The van der Waals surface area contributed by atoms with Crippen molar-refractivity contribution in [3.05, 3.63) is 17.3 Å². The highest BCUT2D eigenvalue weighted by Gasteiger charge is 2.22. The molecule has 3 heterocycles. The normalized spacial score (nSPS) is 19.3. The molecule has 2 aromatic rings. The molecule has 0 bridgehead atoms. The van der Waals surface area contributed by atoms with Crippen molar-refractivity contribution in [1.82, 2.24) is 15.3 Å². The van der Waals surface area contributed by atoms with Gasteiger partial charge >= 0.3 is 0 Å². The van der Waals surface area contributed by atoms with E-state index in [0.717, 1.165) is 43.4 Å². The van der Waals surface area contributed by atoms with Gasteiger partial charge in [0.15, 0.2) is 0 Å². The monoisotopic (exact) mass is 304 g/mol. The lowest BCUT2D eigenvalue weighted by Gasteiger charge is -2.33. The van der Waals surface area contributed by atoms with E-state index in [2.05, 4.69) is 39.4 Å². The van der Waals surface area contributed by atoms with Gasteiger partial charge in [-0.15, -0.1) is 11.3 Å². The van der Waals surface area contributed by atoms with Gasteiger partial charge in [-0.25, -0.2) is 9.97 Å². The zero-order chi connectivity index (χ0) is 14.7. The molecule has 1 unspecified atom stereocenters. The molecular weight excluding hydrogens is 280 g/mol. The Balaban J connectivity index is 1.75. The van der Waals surface area contributed by atoms with Crippen LogP contribution in [0.15, 0.2) is 11.7 Å². The van der Waals surface area contributed by atoms with Crippen LogP contribution in [0.4, 0.5) is 5.82 Å². The number of piperidine rings is 1. The molecule has 1 aliphatic heterocycles. The first-order valence-electron chi connectivity index (χ1n) is 7.94. The maximum Gasteiger partial charge on any atom is 0.150 e. The molecule has 5 heteroatoms. The first-order valence-corrected chi connectivity index (χ1v) is 8.82. The van der Waals surface area contributed by atoms with Crippen molar-refractivity contribution < 1.29 is 0 Å². The largest absolute Gasteiger partial charge is 0.355 e. The Labute approximate surface area is 130 Å². The quantitative estimate of drug-likeness (QED) is 0.861. The van der Waals surface area contributed by atoms with Crippen LogP contribution in [0, 0.1) is 12.8 Å². The van der Waals surface area contributed by atoms with Crippen molar-refractivity contribution >= 4 is 27.4 Å². The topological polar surface area (TPSA) is 41.0 Å². The van der Waals surface area contributed by atoms with Crippen molar-refractivity contribution in [2.75, 3.05) is 31.1 Å². The minimum atomic E-state index is 0.733. The van der Waals surface area contributed by atoms with Gasteiger partial charge in [0.2, 0.25) is 0 Å². The third-order valence-corrected chi connectivity index (χ3v) is 5.27. The molecule has 3 rings (SSSR count). The first kappa shape index (κ1) is 14.7. The standard InChI is InChI=1S/C16H24N4S/c1-3-6-17-8-13-5-4-7-20(9-13)16-15-14(18-11-19-16)12(2)10-21-15/h10-11,13,17H,3-9H2,1-2H3. The smallest absolute Gasteiger partial charge is 0.150 e. The van der Waals surface area contributed by atoms with Gasteiger partial charge in [0.1, 0.15) is 12.1 Å².